The Morgan fingerprint density at radius 1 is 0.893 bits per heavy atom. The van der Waals surface area contributed by atoms with Crippen LogP contribution in [0.15, 0.2) is 42.5 Å². The molecule has 8 heteroatoms. The third-order valence-electron chi connectivity index (χ3n) is 3.58. The Balaban J connectivity index is 2.12. The molecule has 2 aromatic carbocycles. The van der Waals surface area contributed by atoms with Crippen molar-refractivity contribution in [2.45, 2.75) is 26.7 Å². The number of anilines is 2. The van der Waals surface area contributed by atoms with Gasteiger partial charge in [0.1, 0.15) is 0 Å². The highest BCUT2D eigenvalue weighted by molar-refractivity contribution is 7.92. The Morgan fingerprint density at radius 3 is 2.04 bits per heavy atom. The Labute approximate surface area is 166 Å². The highest BCUT2D eigenvalue weighted by atomic mass is 32.2. The van der Waals surface area contributed by atoms with Gasteiger partial charge in [0.25, 0.3) is 5.91 Å². The lowest BCUT2D eigenvalue weighted by Gasteiger charge is -2.14. The second kappa shape index (κ2) is 9.98. The van der Waals surface area contributed by atoms with Crippen molar-refractivity contribution in [3.63, 3.8) is 0 Å². The standard InChI is InChI=1S/C20H26N2O5S/c1-4-12-26-18-11-6-15(14-19(18)27-13-5-2)20(23)21-16-7-9-17(10-8-16)22-28(3,24)25/h6-11,14,22H,4-5,12-13H2,1-3H3,(H,21,23). The molecule has 2 aromatic rings. The van der Waals surface area contributed by atoms with Gasteiger partial charge in [-0.15, -0.1) is 0 Å². The van der Waals surface area contributed by atoms with E-state index in [1.54, 1.807) is 42.5 Å². The zero-order valence-corrected chi connectivity index (χ0v) is 17.1. The molecule has 1 amide bonds. The minimum absolute atomic E-state index is 0.299. The SMILES string of the molecule is CCCOc1ccc(C(=O)Nc2ccc(NS(C)(=O)=O)cc2)cc1OCCC. The summed E-state index contributed by atoms with van der Waals surface area (Å²) < 4.78 is 36.3. The summed E-state index contributed by atoms with van der Waals surface area (Å²) in [6, 6.07) is 11.5. The summed E-state index contributed by atoms with van der Waals surface area (Å²) in [6.07, 6.45) is 2.80. The Kier molecular flexibility index (Phi) is 7.69. The van der Waals surface area contributed by atoms with Crippen LogP contribution in [-0.4, -0.2) is 33.8 Å². The first kappa shape index (κ1) is 21.6. The fourth-order valence-corrected chi connectivity index (χ4v) is 2.91. The second-order valence-corrected chi connectivity index (χ2v) is 8.01. The molecule has 0 fully saturated rings. The van der Waals surface area contributed by atoms with Crippen LogP contribution in [0.1, 0.15) is 37.0 Å². The number of carbonyl (C=O) groups is 1. The van der Waals surface area contributed by atoms with E-state index < -0.39 is 10.0 Å². The van der Waals surface area contributed by atoms with E-state index in [-0.39, 0.29) is 5.91 Å². The molecule has 0 aliphatic carbocycles. The first-order valence-corrected chi connectivity index (χ1v) is 11.0. The molecular weight excluding hydrogens is 380 g/mol. The number of ether oxygens (including phenoxy) is 2. The predicted octanol–water partition coefficient (Wildman–Crippen LogP) is 3.89. The van der Waals surface area contributed by atoms with E-state index in [0.29, 0.717) is 41.7 Å². The Hall–Kier alpha value is -2.74. The summed E-state index contributed by atoms with van der Waals surface area (Å²) in [4.78, 5) is 12.6. The molecule has 28 heavy (non-hydrogen) atoms. The van der Waals surface area contributed by atoms with E-state index in [1.165, 1.54) is 0 Å². The molecule has 0 aliphatic heterocycles. The summed E-state index contributed by atoms with van der Waals surface area (Å²) in [6.45, 7) is 5.13. The molecule has 0 heterocycles. The summed E-state index contributed by atoms with van der Waals surface area (Å²) in [5.41, 5.74) is 1.41. The third-order valence-corrected chi connectivity index (χ3v) is 4.18. The number of hydrogen-bond donors (Lipinski definition) is 2. The molecule has 0 spiro atoms. The lowest BCUT2D eigenvalue weighted by Crippen LogP contribution is -2.13. The molecule has 7 nitrogen and oxygen atoms in total. The third kappa shape index (κ3) is 6.77. The van der Waals surface area contributed by atoms with E-state index in [1.807, 2.05) is 13.8 Å². The number of nitrogens with one attached hydrogen (secondary N) is 2. The minimum Gasteiger partial charge on any atom is -0.490 e. The van der Waals surface area contributed by atoms with Gasteiger partial charge in [-0.1, -0.05) is 13.8 Å². The number of carbonyl (C=O) groups excluding carboxylic acids is 1. The van der Waals surface area contributed by atoms with Crippen LogP contribution in [0.4, 0.5) is 11.4 Å². The van der Waals surface area contributed by atoms with Crippen LogP contribution >= 0.6 is 0 Å². The van der Waals surface area contributed by atoms with Crippen LogP contribution in [0.25, 0.3) is 0 Å². The van der Waals surface area contributed by atoms with Crippen molar-refractivity contribution in [3.8, 4) is 11.5 Å². The fraction of sp³-hybridized carbons (Fsp3) is 0.350. The van der Waals surface area contributed by atoms with Crippen molar-refractivity contribution in [2.75, 3.05) is 29.5 Å². The van der Waals surface area contributed by atoms with Gasteiger partial charge in [0.15, 0.2) is 11.5 Å². The molecular formula is C20H26N2O5S. The molecule has 152 valence electrons. The summed E-state index contributed by atoms with van der Waals surface area (Å²) in [5.74, 6) is 0.853. The normalized spacial score (nSPS) is 11.0. The maximum atomic E-state index is 12.6. The van der Waals surface area contributed by atoms with E-state index in [0.717, 1.165) is 19.1 Å². The van der Waals surface area contributed by atoms with Crippen molar-refractivity contribution < 1.29 is 22.7 Å². The second-order valence-electron chi connectivity index (χ2n) is 6.26. The quantitative estimate of drug-likeness (QED) is 0.624. The first-order valence-electron chi connectivity index (χ1n) is 9.11. The highest BCUT2D eigenvalue weighted by Crippen LogP contribution is 2.29. The zero-order valence-electron chi connectivity index (χ0n) is 16.3. The van der Waals surface area contributed by atoms with Crippen LogP contribution < -0.4 is 19.5 Å². The van der Waals surface area contributed by atoms with Crippen molar-refractivity contribution >= 4 is 27.3 Å². The van der Waals surface area contributed by atoms with Gasteiger partial charge in [-0.25, -0.2) is 8.42 Å². The molecule has 0 bridgehead atoms. The molecule has 0 radical (unpaired) electrons. The number of benzene rings is 2. The van der Waals surface area contributed by atoms with Crippen molar-refractivity contribution in [2.24, 2.45) is 0 Å². The Bertz CT molecular complexity index is 895. The number of rotatable bonds is 10. The largest absolute Gasteiger partial charge is 0.490 e. The zero-order chi connectivity index (χ0) is 20.6. The molecule has 0 saturated heterocycles. The monoisotopic (exact) mass is 406 g/mol. The van der Waals surface area contributed by atoms with E-state index in [4.69, 9.17) is 9.47 Å². The van der Waals surface area contributed by atoms with Crippen molar-refractivity contribution in [3.05, 3.63) is 48.0 Å². The summed E-state index contributed by atoms with van der Waals surface area (Å²) in [7, 11) is -3.34. The maximum Gasteiger partial charge on any atom is 0.255 e. The van der Waals surface area contributed by atoms with Crippen LogP contribution in [-0.2, 0) is 10.0 Å². The minimum atomic E-state index is -3.34. The summed E-state index contributed by atoms with van der Waals surface area (Å²) in [5, 5.41) is 2.78. The lowest BCUT2D eigenvalue weighted by molar-refractivity contribution is 0.102. The van der Waals surface area contributed by atoms with Crippen molar-refractivity contribution in [1.29, 1.82) is 0 Å². The summed E-state index contributed by atoms with van der Waals surface area (Å²) >= 11 is 0. The number of hydrogen-bond acceptors (Lipinski definition) is 5. The molecule has 0 unspecified atom stereocenters. The van der Waals surface area contributed by atoms with Gasteiger partial charge in [0.05, 0.1) is 19.5 Å². The van der Waals surface area contributed by atoms with E-state index >= 15 is 0 Å². The Morgan fingerprint density at radius 2 is 1.46 bits per heavy atom. The fourth-order valence-electron chi connectivity index (χ4n) is 2.34. The maximum absolute atomic E-state index is 12.6. The average molecular weight is 407 g/mol. The van der Waals surface area contributed by atoms with Gasteiger partial charge in [0.2, 0.25) is 10.0 Å². The molecule has 2 rings (SSSR count). The van der Waals surface area contributed by atoms with Gasteiger partial charge in [-0.05, 0) is 55.3 Å². The van der Waals surface area contributed by atoms with Gasteiger partial charge >= 0.3 is 0 Å². The van der Waals surface area contributed by atoms with E-state index in [2.05, 4.69) is 10.0 Å². The highest BCUT2D eigenvalue weighted by Gasteiger charge is 2.12. The van der Waals surface area contributed by atoms with Gasteiger partial charge in [-0.3, -0.25) is 9.52 Å². The molecule has 0 aliphatic rings. The van der Waals surface area contributed by atoms with Gasteiger partial charge < -0.3 is 14.8 Å². The van der Waals surface area contributed by atoms with Gasteiger partial charge in [-0.2, -0.15) is 0 Å². The molecule has 2 N–H and O–H groups in total. The van der Waals surface area contributed by atoms with Crippen LogP contribution in [0.2, 0.25) is 0 Å². The molecule has 0 aromatic heterocycles. The lowest BCUT2D eigenvalue weighted by atomic mass is 10.1. The van der Waals surface area contributed by atoms with Crippen LogP contribution in [0, 0.1) is 0 Å². The average Bonchev–Trinajstić information content (AvgIpc) is 2.65. The molecule has 0 atom stereocenters. The van der Waals surface area contributed by atoms with Crippen LogP contribution in [0.5, 0.6) is 11.5 Å². The van der Waals surface area contributed by atoms with Crippen molar-refractivity contribution in [1.82, 2.24) is 0 Å². The number of sulfonamides is 1. The number of amides is 1. The first-order chi connectivity index (χ1) is 13.3. The molecule has 0 saturated carbocycles. The van der Waals surface area contributed by atoms with E-state index in [9.17, 15) is 13.2 Å². The smallest absolute Gasteiger partial charge is 0.255 e. The van der Waals surface area contributed by atoms with Gasteiger partial charge in [0, 0.05) is 16.9 Å². The topological polar surface area (TPSA) is 93.7 Å². The predicted molar refractivity (Wildman–Crippen MR) is 111 cm³/mol. The van der Waals surface area contributed by atoms with Crippen LogP contribution in [0.3, 0.4) is 0 Å².